The molecule has 0 aliphatic carbocycles. The second-order valence-corrected chi connectivity index (χ2v) is 5.06. The number of aromatic nitrogens is 2. The van der Waals surface area contributed by atoms with Gasteiger partial charge in [0.25, 0.3) is 0 Å². The van der Waals surface area contributed by atoms with E-state index in [1.807, 2.05) is 18.2 Å². The van der Waals surface area contributed by atoms with Crippen molar-refractivity contribution in [3.05, 3.63) is 47.5 Å². The van der Waals surface area contributed by atoms with E-state index in [0.717, 1.165) is 5.56 Å². The second kappa shape index (κ2) is 8.30. The Bertz CT molecular complexity index is 764. The molecule has 1 N–H and O–H groups in total. The molecule has 0 saturated heterocycles. The molecule has 24 heavy (non-hydrogen) atoms. The van der Waals surface area contributed by atoms with Gasteiger partial charge in [0.2, 0.25) is 17.5 Å². The van der Waals surface area contributed by atoms with Crippen molar-refractivity contribution in [2.45, 2.75) is 5.33 Å². The summed E-state index contributed by atoms with van der Waals surface area (Å²) in [6, 6.07) is 7.39. The lowest BCUT2D eigenvalue weighted by atomic mass is 10.2. The third-order valence-corrected chi connectivity index (χ3v) is 3.63. The quantitative estimate of drug-likeness (QED) is 0.437. The summed E-state index contributed by atoms with van der Waals surface area (Å²) in [4.78, 5) is 19.2. The molecule has 0 bridgehead atoms. The largest absolute Gasteiger partial charge is 0.490 e. The number of alkyl halides is 1. The minimum atomic E-state index is -1.23. The average molecular weight is 395 g/mol. The number of nitrogens with zero attached hydrogens (tertiary/aromatic N) is 2. The molecule has 0 radical (unpaired) electrons. The van der Waals surface area contributed by atoms with E-state index in [2.05, 4.69) is 25.9 Å². The zero-order valence-electron chi connectivity index (χ0n) is 13.0. The van der Waals surface area contributed by atoms with Crippen molar-refractivity contribution in [1.82, 2.24) is 9.97 Å². The average Bonchev–Trinajstić information content (AvgIpc) is 2.60. The smallest absolute Gasteiger partial charge is 0.371 e. The maximum atomic E-state index is 11.2. The van der Waals surface area contributed by atoms with Crippen molar-refractivity contribution in [2.75, 3.05) is 14.2 Å². The Morgan fingerprint density at radius 2 is 2.04 bits per heavy atom. The lowest BCUT2D eigenvalue weighted by molar-refractivity contribution is -0.135. The van der Waals surface area contributed by atoms with E-state index in [1.54, 1.807) is 6.07 Å². The minimum Gasteiger partial charge on any atom is -0.490 e. The number of carboxylic acids is 1. The Balaban J connectivity index is 2.48. The summed E-state index contributed by atoms with van der Waals surface area (Å²) in [5.41, 5.74) is 1.29. The zero-order chi connectivity index (χ0) is 17.5. The number of carbonyl (C=O) groups is 1. The number of aliphatic carboxylic acids is 1. The molecule has 0 fully saturated rings. The molecule has 0 aliphatic heterocycles. The Kier molecular flexibility index (Phi) is 6.14. The van der Waals surface area contributed by atoms with E-state index in [0.29, 0.717) is 11.1 Å². The normalized spacial score (nSPS) is 11.0. The maximum Gasteiger partial charge on any atom is 0.371 e. The first-order chi connectivity index (χ1) is 11.6. The van der Waals surface area contributed by atoms with Gasteiger partial charge < -0.3 is 19.3 Å². The summed E-state index contributed by atoms with van der Waals surface area (Å²) in [6.45, 7) is 0. The third-order valence-electron chi connectivity index (χ3n) is 2.98. The number of hydrogen-bond acceptors (Lipinski definition) is 6. The van der Waals surface area contributed by atoms with Crippen LogP contribution in [0.3, 0.4) is 0 Å². The van der Waals surface area contributed by atoms with Gasteiger partial charge in [0, 0.05) is 11.4 Å². The molecule has 2 aromatic rings. The van der Waals surface area contributed by atoms with Gasteiger partial charge in [-0.05, 0) is 17.7 Å². The van der Waals surface area contributed by atoms with Crippen LogP contribution in [-0.4, -0.2) is 35.3 Å². The molecule has 0 saturated carbocycles. The van der Waals surface area contributed by atoms with Gasteiger partial charge in [0.05, 0.1) is 14.2 Å². The molecule has 0 spiro atoms. The van der Waals surface area contributed by atoms with E-state index >= 15 is 0 Å². The zero-order valence-corrected chi connectivity index (χ0v) is 14.6. The standard InChI is InChI=1S/C16H15BrN2O5/c1-22-13(16(20)21)7-12-14(23-2)18-9-19-15(12)24-11-5-3-4-10(6-11)8-17/h3-7,9H,8H2,1-2H3,(H,20,21). The van der Waals surface area contributed by atoms with Crippen molar-refractivity contribution in [3.63, 3.8) is 0 Å². The molecule has 126 valence electrons. The van der Waals surface area contributed by atoms with Gasteiger partial charge >= 0.3 is 5.97 Å². The van der Waals surface area contributed by atoms with Crippen LogP contribution in [0.15, 0.2) is 36.4 Å². The number of hydrogen-bond donors (Lipinski definition) is 1. The van der Waals surface area contributed by atoms with Crippen molar-refractivity contribution in [1.29, 1.82) is 0 Å². The van der Waals surface area contributed by atoms with Crippen LogP contribution in [0, 0.1) is 0 Å². The summed E-state index contributed by atoms with van der Waals surface area (Å²) in [5.74, 6) is -0.633. The summed E-state index contributed by atoms with van der Waals surface area (Å²) < 4.78 is 15.8. The highest BCUT2D eigenvalue weighted by Gasteiger charge is 2.17. The topological polar surface area (TPSA) is 90.8 Å². The molecule has 1 aromatic carbocycles. The van der Waals surface area contributed by atoms with E-state index in [1.165, 1.54) is 26.6 Å². The maximum absolute atomic E-state index is 11.2. The molecular weight excluding hydrogens is 380 g/mol. The predicted octanol–water partition coefficient (Wildman–Crippen LogP) is 3.24. The SMILES string of the molecule is COC(=Cc1c(OC)ncnc1Oc1cccc(CBr)c1)C(=O)O. The monoisotopic (exact) mass is 394 g/mol. The van der Waals surface area contributed by atoms with E-state index < -0.39 is 5.97 Å². The van der Waals surface area contributed by atoms with Crippen LogP contribution < -0.4 is 9.47 Å². The van der Waals surface area contributed by atoms with Crippen molar-refractivity contribution in [3.8, 4) is 17.5 Å². The third kappa shape index (κ3) is 4.23. The van der Waals surface area contributed by atoms with Gasteiger partial charge in [-0.2, -0.15) is 0 Å². The van der Waals surface area contributed by atoms with Gasteiger partial charge in [-0.1, -0.05) is 28.1 Å². The van der Waals surface area contributed by atoms with Crippen LogP contribution in [0.25, 0.3) is 6.08 Å². The highest BCUT2D eigenvalue weighted by atomic mass is 79.9. The van der Waals surface area contributed by atoms with Gasteiger partial charge in [0.15, 0.2) is 0 Å². The number of halogens is 1. The number of ether oxygens (including phenoxy) is 3. The van der Waals surface area contributed by atoms with E-state index in [-0.39, 0.29) is 23.1 Å². The number of rotatable bonds is 7. The van der Waals surface area contributed by atoms with Crippen LogP contribution in [0.2, 0.25) is 0 Å². The number of benzene rings is 1. The fraction of sp³-hybridized carbons (Fsp3) is 0.188. The summed E-state index contributed by atoms with van der Waals surface area (Å²) in [7, 11) is 2.68. The predicted molar refractivity (Wildman–Crippen MR) is 90.4 cm³/mol. The van der Waals surface area contributed by atoms with Gasteiger partial charge in [-0.25, -0.2) is 14.8 Å². The summed E-state index contributed by atoms with van der Waals surface area (Å²) >= 11 is 3.38. The van der Waals surface area contributed by atoms with Gasteiger partial charge in [0.1, 0.15) is 17.6 Å². The Morgan fingerprint density at radius 3 is 2.67 bits per heavy atom. The highest BCUT2D eigenvalue weighted by Crippen LogP contribution is 2.31. The van der Waals surface area contributed by atoms with Gasteiger partial charge in [-0.3, -0.25) is 0 Å². The molecule has 1 aromatic heterocycles. The van der Waals surface area contributed by atoms with Crippen LogP contribution in [0.1, 0.15) is 11.1 Å². The van der Waals surface area contributed by atoms with Crippen molar-refractivity contribution >= 4 is 28.0 Å². The Hall–Kier alpha value is -2.61. The van der Waals surface area contributed by atoms with Crippen molar-refractivity contribution < 1.29 is 24.1 Å². The Labute approximate surface area is 147 Å². The fourth-order valence-electron chi connectivity index (χ4n) is 1.87. The van der Waals surface area contributed by atoms with Crippen LogP contribution in [0.5, 0.6) is 17.5 Å². The van der Waals surface area contributed by atoms with Crippen molar-refractivity contribution in [2.24, 2.45) is 0 Å². The molecule has 7 nitrogen and oxygen atoms in total. The molecule has 0 atom stereocenters. The molecule has 2 rings (SSSR count). The lowest BCUT2D eigenvalue weighted by Gasteiger charge is -2.11. The second-order valence-electron chi connectivity index (χ2n) is 4.50. The molecule has 8 heteroatoms. The van der Waals surface area contributed by atoms with Crippen LogP contribution in [-0.2, 0) is 14.9 Å². The summed E-state index contributed by atoms with van der Waals surface area (Å²) in [6.07, 6.45) is 2.53. The number of methoxy groups -OCH3 is 2. The van der Waals surface area contributed by atoms with Crippen LogP contribution >= 0.6 is 15.9 Å². The number of carboxylic acid groups (broad SMARTS) is 1. The lowest BCUT2D eigenvalue weighted by Crippen LogP contribution is -2.04. The first-order valence-electron chi connectivity index (χ1n) is 6.79. The first kappa shape index (κ1) is 17.7. The van der Waals surface area contributed by atoms with Gasteiger partial charge in [-0.15, -0.1) is 0 Å². The molecule has 0 amide bonds. The van der Waals surface area contributed by atoms with E-state index in [9.17, 15) is 4.79 Å². The molecular formula is C16H15BrN2O5. The highest BCUT2D eigenvalue weighted by molar-refractivity contribution is 9.08. The molecule has 1 heterocycles. The molecule has 0 aliphatic rings. The minimum absolute atomic E-state index is 0.157. The van der Waals surface area contributed by atoms with E-state index in [4.69, 9.17) is 19.3 Å². The van der Waals surface area contributed by atoms with Crippen LogP contribution in [0.4, 0.5) is 0 Å². The first-order valence-corrected chi connectivity index (χ1v) is 7.92. The summed E-state index contributed by atoms with van der Waals surface area (Å²) in [5, 5.41) is 9.80. The fourth-order valence-corrected chi connectivity index (χ4v) is 2.22. The Morgan fingerprint density at radius 1 is 1.29 bits per heavy atom. The molecule has 0 unspecified atom stereocenters.